The van der Waals surface area contributed by atoms with Crippen molar-refractivity contribution in [1.82, 2.24) is 0 Å². The van der Waals surface area contributed by atoms with Gasteiger partial charge in [0.2, 0.25) is 6.04 Å². The third kappa shape index (κ3) is 3.27. The Morgan fingerprint density at radius 2 is 1.61 bits per heavy atom. The maximum atomic E-state index is 13.8. The molecule has 0 saturated carbocycles. The second-order valence-corrected chi connectivity index (χ2v) is 8.76. The summed E-state index contributed by atoms with van der Waals surface area (Å²) in [5, 5.41) is 12.3. The van der Waals surface area contributed by atoms with E-state index in [4.69, 9.17) is 0 Å². The lowest BCUT2D eigenvalue weighted by Gasteiger charge is -2.34. The van der Waals surface area contributed by atoms with Gasteiger partial charge >= 0.3 is 0 Å². The van der Waals surface area contributed by atoms with Crippen molar-refractivity contribution in [2.45, 2.75) is 24.0 Å². The summed E-state index contributed by atoms with van der Waals surface area (Å²) in [5.41, 5.74) is 3.17. The highest BCUT2D eigenvalue weighted by Gasteiger charge is 2.58. The molecule has 4 atom stereocenters. The van der Waals surface area contributed by atoms with Gasteiger partial charge < -0.3 is 4.90 Å². The predicted octanol–water partition coefficient (Wildman–Crippen LogP) is 5.35. The predicted molar refractivity (Wildman–Crippen MR) is 124 cm³/mol. The molecular weight excluding hydrogens is 456 g/mol. The third-order valence-electron chi connectivity index (χ3n) is 6.19. The maximum absolute atomic E-state index is 13.8. The van der Waals surface area contributed by atoms with Gasteiger partial charge in [-0.2, -0.15) is 0 Å². The molecule has 0 spiro atoms. The lowest BCUT2D eigenvalue weighted by atomic mass is 9.84. The number of carbonyl (C=O) groups is 1. The van der Waals surface area contributed by atoms with Gasteiger partial charge in [0, 0.05) is 20.6 Å². The summed E-state index contributed by atoms with van der Waals surface area (Å²) >= 11 is 3.44. The molecule has 6 heteroatoms. The van der Waals surface area contributed by atoms with Gasteiger partial charge in [-0.25, -0.2) is 0 Å². The molecule has 0 aromatic heterocycles. The van der Waals surface area contributed by atoms with Gasteiger partial charge in [-0.05, 0) is 29.3 Å². The van der Waals surface area contributed by atoms with Gasteiger partial charge in [-0.3, -0.25) is 14.9 Å². The SMILES string of the molecule is O=C(c1ccccc1)[C@@H]1[C@H](c2ccc(Br)cc2)[C@H]([N+](=O)[O-])[C@H]2C=Cc3ccccc3N21. The number of para-hydroxylation sites is 1. The minimum atomic E-state index is -0.941. The van der Waals surface area contributed by atoms with Crippen LogP contribution in [-0.4, -0.2) is 28.8 Å². The molecule has 31 heavy (non-hydrogen) atoms. The van der Waals surface area contributed by atoms with Crippen molar-refractivity contribution >= 4 is 33.5 Å². The van der Waals surface area contributed by atoms with Crippen LogP contribution in [0.25, 0.3) is 6.08 Å². The molecule has 0 aliphatic carbocycles. The van der Waals surface area contributed by atoms with E-state index in [0.717, 1.165) is 21.3 Å². The Morgan fingerprint density at radius 1 is 0.935 bits per heavy atom. The Balaban J connectivity index is 1.72. The minimum absolute atomic E-state index is 0.104. The average Bonchev–Trinajstić information content (AvgIpc) is 3.15. The average molecular weight is 475 g/mol. The van der Waals surface area contributed by atoms with Crippen LogP contribution in [0.1, 0.15) is 27.4 Å². The van der Waals surface area contributed by atoms with Gasteiger partial charge in [0.15, 0.2) is 5.78 Å². The van der Waals surface area contributed by atoms with Gasteiger partial charge in [-0.1, -0.05) is 88.7 Å². The monoisotopic (exact) mass is 474 g/mol. The van der Waals surface area contributed by atoms with E-state index in [1.807, 2.05) is 83.8 Å². The van der Waals surface area contributed by atoms with Crippen LogP contribution in [-0.2, 0) is 0 Å². The highest BCUT2D eigenvalue weighted by molar-refractivity contribution is 9.10. The van der Waals surface area contributed by atoms with Crippen LogP contribution in [0.5, 0.6) is 0 Å². The zero-order valence-electron chi connectivity index (χ0n) is 16.5. The largest absolute Gasteiger partial charge is 0.346 e. The topological polar surface area (TPSA) is 63.4 Å². The molecule has 3 aromatic rings. The molecule has 3 aromatic carbocycles. The molecule has 1 saturated heterocycles. The summed E-state index contributed by atoms with van der Waals surface area (Å²) in [5.74, 6) is -0.690. The molecule has 1 fully saturated rings. The van der Waals surface area contributed by atoms with E-state index in [1.165, 1.54) is 0 Å². The van der Waals surface area contributed by atoms with Crippen molar-refractivity contribution < 1.29 is 9.72 Å². The van der Waals surface area contributed by atoms with E-state index in [-0.39, 0.29) is 10.7 Å². The minimum Gasteiger partial charge on any atom is -0.346 e. The number of fused-ring (bicyclic) bond motifs is 3. The van der Waals surface area contributed by atoms with Crippen molar-refractivity contribution in [3.05, 3.63) is 116 Å². The van der Waals surface area contributed by atoms with Crippen LogP contribution in [0, 0.1) is 10.1 Å². The number of hydrogen-bond acceptors (Lipinski definition) is 4. The molecule has 0 unspecified atom stereocenters. The van der Waals surface area contributed by atoms with Crippen LogP contribution in [0.15, 0.2) is 89.4 Å². The molecule has 2 aliphatic rings. The molecular formula is C25H19BrN2O3. The second kappa shape index (κ2) is 7.78. The normalized spacial score (nSPS) is 23.8. The Kier molecular flexibility index (Phi) is 4.94. The standard InChI is InChI=1S/C25H19BrN2O3/c26-19-13-10-17(11-14-19)22-23(28(30)31)21-15-12-16-6-4-5-9-20(16)27(21)24(22)25(29)18-7-2-1-3-8-18/h1-15,21-24H/t21-,22-,23-,24+/m1/s1. The number of halogens is 1. The summed E-state index contributed by atoms with van der Waals surface area (Å²) in [7, 11) is 0. The summed E-state index contributed by atoms with van der Waals surface area (Å²) in [6, 6.07) is 22.2. The number of ketones is 1. The highest BCUT2D eigenvalue weighted by atomic mass is 79.9. The van der Waals surface area contributed by atoms with E-state index in [0.29, 0.717) is 5.56 Å². The van der Waals surface area contributed by atoms with Crippen LogP contribution >= 0.6 is 15.9 Å². The third-order valence-corrected chi connectivity index (χ3v) is 6.72. The molecule has 5 rings (SSSR count). The lowest BCUT2D eigenvalue weighted by molar-refractivity contribution is -0.524. The molecule has 0 N–H and O–H groups in total. The first kappa shape index (κ1) is 19.7. The van der Waals surface area contributed by atoms with Crippen molar-refractivity contribution in [3.8, 4) is 0 Å². The zero-order valence-corrected chi connectivity index (χ0v) is 18.1. The van der Waals surface area contributed by atoms with E-state index in [9.17, 15) is 14.9 Å². The molecule has 0 radical (unpaired) electrons. The Bertz CT molecular complexity index is 1180. The fraction of sp³-hybridized carbons (Fsp3) is 0.160. The Labute approximate surface area is 188 Å². The summed E-state index contributed by atoms with van der Waals surface area (Å²) in [4.78, 5) is 27.9. The van der Waals surface area contributed by atoms with E-state index < -0.39 is 24.0 Å². The fourth-order valence-corrected chi connectivity index (χ4v) is 5.15. The van der Waals surface area contributed by atoms with Crippen LogP contribution in [0.4, 0.5) is 5.69 Å². The number of nitrogens with zero attached hydrogens (tertiary/aromatic N) is 2. The van der Waals surface area contributed by atoms with Crippen molar-refractivity contribution in [3.63, 3.8) is 0 Å². The number of nitro groups is 1. The second-order valence-electron chi connectivity index (χ2n) is 7.84. The summed E-state index contributed by atoms with van der Waals surface area (Å²) in [6.45, 7) is 0. The zero-order chi connectivity index (χ0) is 21.5. The molecule has 0 amide bonds. The first-order chi connectivity index (χ1) is 15.1. The first-order valence-corrected chi connectivity index (χ1v) is 10.9. The molecule has 2 heterocycles. The molecule has 154 valence electrons. The summed E-state index contributed by atoms with van der Waals surface area (Å²) in [6.07, 6.45) is 3.81. The highest BCUT2D eigenvalue weighted by Crippen LogP contribution is 2.47. The summed E-state index contributed by atoms with van der Waals surface area (Å²) < 4.78 is 0.890. The van der Waals surface area contributed by atoms with Crippen LogP contribution in [0.3, 0.4) is 0 Å². The number of rotatable bonds is 4. The Hall–Kier alpha value is -3.25. The van der Waals surface area contributed by atoms with Gasteiger partial charge in [0.05, 0.1) is 5.92 Å². The first-order valence-electron chi connectivity index (χ1n) is 10.1. The van der Waals surface area contributed by atoms with Gasteiger partial charge in [0.1, 0.15) is 12.1 Å². The number of Topliss-reactive ketones (excluding diaryl/α,β-unsaturated/α-hetero) is 1. The van der Waals surface area contributed by atoms with E-state index >= 15 is 0 Å². The molecule has 5 nitrogen and oxygen atoms in total. The number of anilines is 1. The molecule has 2 aliphatic heterocycles. The van der Waals surface area contributed by atoms with Crippen LogP contribution in [0.2, 0.25) is 0 Å². The lowest BCUT2D eigenvalue weighted by Crippen LogP contribution is -2.44. The van der Waals surface area contributed by atoms with E-state index in [2.05, 4.69) is 15.9 Å². The maximum Gasteiger partial charge on any atom is 0.245 e. The quantitative estimate of drug-likeness (QED) is 0.290. The van der Waals surface area contributed by atoms with Crippen LogP contribution < -0.4 is 4.90 Å². The van der Waals surface area contributed by atoms with Crippen molar-refractivity contribution in [2.24, 2.45) is 0 Å². The van der Waals surface area contributed by atoms with Gasteiger partial charge in [-0.15, -0.1) is 0 Å². The van der Waals surface area contributed by atoms with Gasteiger partial charge in [0.25, 0.3) is 0 Å². The smallest absolute Gasteiger partial charge is 0.245 e. The van der Waals surface area contributed by atoms with E-state index in [1.54, 1.807) is 12.1 Å². The Morgan fingerprint density at radius 3 is 2.32 bits per heavy atom. The van der Waals surface area contributed by atoms with Crippen molar-refractivity contribution in [1.29, 1.82) is 0 Å². The number of benzene rings is 3. The number of carbonyl (C=O) groups excluding carboxylic acids is 1. The fourth-order valence-electron chi connectivity index (χ4n) is 4.89. The molecule has 0 bridgehead atoms. The van der Waals surface area contributed by atoms with Crippen molar-refractivity contribution in [2.75, 3.05) is 4.90 Å². The number of hydrogen-bond donors (Lipinski definition) is 0.